The van der Waals surface area contributed by atoms with Crippen LogP contribution in [-0.4, -0.2) is 25.7 Å². The Kier molecular flexibility index (Phi) is 5.35. The monoisotopic (exact) mass is 449 g/mol. The van der Waals surface area contributed by atoms with Crippen LogP contribution in [0.5, 0.6) is 11.6 Å². The topological polar surface area (TPSA) is 81.9 Å². The van der Waals surface area contributed by atoms with E-state index in [-0.39, 0.29) is 5.91 Å². The molecule has 2 heterocycles. The smallest absolute Gasteiger partial charge is 0.256 e. The molecule has 0 aliphatic carbocycles. The molecule has 144 valence electrons. The van der Waals surface area contributed by atoms with E-state index in [4.69, 9.17) is 4.74 Å². The van der Waals surface area contributed by atoms with Crippen LogP contribution in [0.3, 0.4) is 0 Å². The number of amides is 1. The van der Waals surface area contributed by atoms with Crippen LogP contribution in [0, 0.1) is 6.92 Å². The second kappa shape index (κ2) is 8.24. The largest absolute Gasteiger partial charge is 0.439 e. The van der Waals surface area contributed by atoms with Gasteiger partial charge < -0.3 is 10.1 Å². The molecule has 0 radical (unpaired) electrons. The van der Waals surface area contributed by atoms with E-state index in [1.807, 2.05) is 24.3 Å². The Labute approximate surface area is 175 Å². The Bertz CT molecular complexity index is 1140. The number of benzene rings is 2. The maximum atomic E-state index is 12.4. The van der Waals surface area contributed by atoms with Crippen molar-refractivity contribution in [1.29, 1.82) is 0 Å². The van der Waals surface area contributed by atoms with Gasteiger partial charge in [-0.05, 0) is 65.3 Å². The molecule has 7 nitrogen and oxygen atoms in total. The molecule has 29 heavy (non-hydrogen) atoms. The second-order valence-electron chi connectivity index (χ2n) is 6.12. The summed E-state index contributed by atoms with van der Waals surface area (Å²) in [6, 6.07) is 17.9. The predicted octanol–water partition coefficient (Wildman–Crippen LogP) is 4.78. The van der Waals surface area contributed by atoms with E-state index in [1.165, 1.54) is 0 Å². The molecule has 4 aromatic rings. The van der Waals surface area contributed by atoms with Gasteiger partial charge in [-0.15, -0.1) is 0 Å². The number of ether oxygens (including phenoxy) is 1. The van der Waals surface area contributed by atoms with Crippen molar-refractivity contribution in [3.63, 3.8) is 0 Å². The van der Waals surface area contributed by atoms with Crippen LogP contribution >= 0.6 is 15.9 Å². The minimum absolute atomic E-state index is 0.193. The molecule has 0 spiro atoms. The molecule has 0 atom stereocenters. The summed E-state index contributed by atoms with van der Waals surface area (Å²) in [7, 11) is 0. The van der Waals surface area contributed by atoms with Crippen LogP contribution in [0.2, 0.25) is 0 Å². The van der Waals surface area contributed by atoms with Gasteiger partial charge in [-0.2, -0.15) is 10.1 Å². The van der Waals surface area contributed by atoms with E-state index in [0.29, 0.717) is 34.5 Å². The first-order valence-corrected chi connectivity index (χ1v) is 9.57. The number of aromatic nitrogens is 4. The SMILES string of the molecule is Cc1nc(Oc2ccc(NC(=O)c3ccccc3Br)cc2)cc(-n2cccn2)n1. The van der Waals surface area contributed by atoms with Crippen LogP contribution in [0.4, 0.5) is 5.69 Å². The Hall–Kier alpha value is -3.52. The first-order valence-electron chi connectivity index (χ1n) is 8.78. The van der Waals surface area contributed by atoms with Crippen LogP contribution in [0.15, 0.2) is 77.5 Å². The van der Waals surface area contributed by atoms with Gasteiger partial charge in [0, 0.05) is 28.6 Å². The van der Waals surface area contributed by atoms with Gasteiger partial charge in [0.2, 0.25) is 5.88 Å². The molecule has 8 heteroatoms. The first-order chi connectivity index (χ1) is 14.1. The highest BCUT2D eigenvalue weighted by Gasteiger charge is 2.10. The molecule has 0 saturated heterocycles. The zero-order chi connectivity index (χ0) is 20.2. The lowest BCUT2D eigenvalue weighted by atomic mass is 10.2. The number of anilines is 1. The maximum absolute atomic E-state index is 12.4. The summed E-state index contributed by atoms with van der Waals surface area (Å²) in [6.45, 7) is 1.79. The number of aryl methyl sites for hydroxylation is 1. The predicted molar refractivity (Wildman–Crippen MR) is 113 cm³/mol. The van der Waals surface area contributed by atoms with Crippen molar-refractivity contribution in [2.75, 3.05) is 5.32 Å². The summed E-state index contributed by atoms with van der Waals surface area (Å²) in [5.74, 6) is 2.00. The molecule has 2 aromatic heterocycles. The summed E-state index contributed by atoms with van der Waals surface area (Å²) in [5.41, 5.74) is 1.23. The lowest BCUT2D eigenvalue weighted by Gasteiger charge is -2.10. The molecule has 2 aromatic carbocycles. The van der Waals surface area contributed by atoms with Gasteiger partial charge in [-0.1, -0.05) is 12.1 Å². The molecular formula is C21H16BrN5O2. The van der Waals surface area contributed by atoms with E-state index in [2.05, 4.69) is 36.3 Å². The van der Waals surface area contributed by atoms with E-state index in [9.17, 15) is 4.79 Å². The van der Waals surface area contributed by atoms with Gasteiger partial charge in [-0.25, -0.2) is 9.67 Å². The van der Waals surface area contributed by atoms with Gasteiger partial charge in [0.05, 0.1) is 5.56 Å². The second-order valence-corrected chi connectivity index (χ2v) is 6.98. The zero-order valence-corrected chi connectivity index (χ0v) is 17.0. The van der Waals surface area contributed by atoms with Gasteiger partial charge in [0.15, 0.2) is 5.82 Å². The number of rotatable bonds is 5. The molecule has 1 N–H and O–H groups in total. The molecule has 0 aliphatic heterocycles. The van der Waals surface area contributed by atoms with E-state index in [1.54, 1.807) is 60.4 Å². The molecular weight excluding hydrogens is 434 g/mol. The summed E-state index contributed by atoms with van der Waals surface area (Å²) < 4.78 is 8.23. The van der Waals surface area contributed by atoms with Gasteiger partial charge in [0.1, 0.15) is 11.6 Å². The highest BCUT2D eigenvalue weighted by atomic mass is 79.9. The Morgan fingerprint density at radius 1 is 1.07 bits per heavy atom. The number of hydrogen-bond donors (Lipinski definition) is 1. The van der Waals surface area contributed by atoms with Crippen LogP contribution in [0.25, 0.3) is 5.82 Å². The van der Waals surface area contributed by atoms with Crippen LogP contribution in [0.1, 0.15) is 16.2 Å². The van der Waals surface area contributed by atoms with Crippen molar-refractivity contribution in [3.8, 4) is 17.4 Å². The normalized spacial score (nSPS) is 10.6. The number of carbonyl (C=O) groups is 1. The zero-order valence-electron chi connectivity index (χ0n) is 15.4. The lowest BCUT2D eigenvalue weighted by molar-refractivity contribution is 0.102. The number of nitrogens with one attached hydrogen (secondary N) is 1. The summed E-state index contributed by atoms with van der Waals surface area (Å²) in [6.07, 6.45) is 3.48. The van der Waals surface area contributed by atoms with Crippen molar-refractivity contribution in [2.45, 2.75) is 6.92 Å². The fourth-order valence-electron chi connectivity index (χ4n) is 2.67. The Morgan fingerprint density at radius 2 is 1.86 bits per heavy atom. The number of hydrogen-bond acceptors (Lipinski definition) is 5. The number of halogens is 1. The van der Waals surface area contributed by atoms with Gasteiger partial charge >= 0.3 is 0 Å². The van der Waals surface area contributed by atoms with E-state index >= 15 is 0 Å². The molecule has 4 rings (SSSR count). The van der Waals surface area contributed by atoms with Crippen LogP contribution in [-0.2, 0) is 0 Å². The van der Waals surface area contributed by atoms with Crippen LogP contribution < -0.4 is 10.1 Å². The fourth-order valence-corrected chi connectivity index (χ4v) is 3.13. The molecule has 0 unspecified atom stereocenters. The average Bonchev–Trinajstić information content (AvgIpc) is 3.24. The van der Waals surface area contributed by atoms with E-state index < -0.39 is 0 Å². The molecule has 1 amide bonds. The van der Waals surface area contributed by atoms with Gasteiger partial charge in [0.25, 0.3) is 5.91 Å². The number of nitrogens with zero attached hydrogens (tertiary/aromatic N) is 4. The fraction of sp³-hybridized carbons (Fsp3) is 0.0476. The summed E-state index contributed by atoms with van der Waals surface area (Å²) in [4.78, 5) is 21.1. The highest BCUT2D eigenvalue weighted by Crippen LogP contribution is 2.24. The standard InChI is InChI=1S/C21H16BrN5O2/c1-14-24-19(27-12-4-11-23-27)13-20(25-14)29-16-9-7-15(8-10-16)26-21(28)17-5-2-3-6-18(17)22/h2-13H,1H3,(H,26,28). The Balaban J connectivity index is 1.48. The third-order valence-corrected chi connectivity index (χ3v) is 4.68. The highest BCUT2D eigenvalue weighted by molar-refractivity contribution is 9.10. The average molecular weight is 450 g/mol. The molecule has 0 bridgehead atoms. The first kappa shape index (κ1) is 18.8. The van der Waals surface area contributed by atoms with Crippen molar-refractivity contribution in [2.24, 2.45) is 0 Å². The Morgan fingerprint density at radius 3 is 2.59 bits per heavy atom. The van der Waals surface area contributed by atoms with Crippen molar-refractivity contribution < 1.29 is 9.53 Å². The summed E-state index contributed by atoms with van der Waals surface area (Å²) in [5, 5.41) is 7.04. The molecule has 0 saturated carbocycles. The third kappa shape index (κ3) is 4.49. The molecule has 0 fully saturated rings. The minimum atomic E-state index is -0.193. The minimum Gasteiger partial charge on any atom is -0.439 e. The van der Waals surface area contributed by atoms with Crippen molar-refractivity contribution in [1.82, 2.24) is 19.7 Å². The van der Waals surface area contributed by atoms with Crippen molar-refractivity contribution >= 4 is 27.5 Å². The third-order valence-electron chi connectivity index (χ3n) is 3.99. The summed E-state index contributed by atoms with van der Waals surface area (Å²) >= 11 is 3.39. The van der Waals surface area contributed by atoms with E-state index in [0.717, 1.165) is 4.47 Å². The number of carbonyl (C=O) groups excluding carboxylic acids is 1. The van der Waals surface area contributed by atoms with Gasteiger partial charge in [-0.3, -0.25) is 4.79 Å². The lowest BCUT2D eigenvalue weighted by Crippen LogP contribution is -2.12. The van der Waals surface area contributed by atoms with Crippen molar-refractivity contribution in [3.05, 3.63) is 88.9 Å². The quantitative estimate of drug-likeness (QED) is 0.474. The molecule has 0 aliphatic rings. The maximum Gasteiger partial charge on any atom is 0.256 e.